The van der Waals surface area contributed by atoms with Crippen molar-refractivity contribution in [1.82, 2.24) is 0 Å². The summed E-state index contributed by atoms with van der Waals surface area (Å²) in [7, 11) is 0. The van der Waals surface area contributed by atoms with Crippen LogP contribution in [0.3, 0.4) is 0 Å². The second kappa shape index (κ2) is 5.78. The zero-order valence-corrected chi connectivity index (χ0v) is 7.30. The number of hydrogen-bond donors (Lipinski definition) is 1. The molecule has 0 unspecified atom stereocenters. The largest absolute Gasteiger partial charge is 0.508 e. The van der Waals surface area contributed by atoms with E-state index < -0.39 is 0 Å². The first-order valence-electron chi connectivity index (χ1n) is 3.95. The third-order valence-corrected chi connectivity index (χ3v) is 1.61. The van der Waals surface area contributed by atoms with Crippen LogP contribution >= 0.6 is 0 Å². The van der Waals surface area contributed by atoms with Gasteiger partial charge in [0.25, 0.3) is 0 Å². The fourth-order valence-electron chi connectivity index (χ4n) is 0.757. The summed E-state index contributed by atoms with van der Waals surface area (Å²) < 4.78 is 0. The molecule has 1 nitrogen and oxygen atoms in total. The summed E-state index contributed by atoms with van der Waals surface area (Å²) in [5, 5.41) is 9.00. The molecule has 0 fully saturated rings. The lowest BCUT2D eigenvalue weighted by molar-refractivity contribution is 0.433. The topological polar surface area (TPSA) is 20.2 Å². The molecule has 0 aliphatic heterocycles. The van der Waals surface area contributed by atoms with E-state index in [1.165, 1.54) is 11.6 Å². The summed E-state index contributed by atoms with van der Waals surface area (Å²) in [4.78, 5) is 0. The molecule has 0 saturated carbocycles. The summed E-state index contributed by atoms with van der Waals surface area (Å²) in [5.41, 5.74) is 1.33. The zero-order chi connectivity index (χ0) is 8.69. The van der Waals surface area contributed by atoms with Gasteiger partial charge in [-0.3, -0.25) is 0 Å². The summed E-state index contributed by atoms with van der Waals surface area (Å²) in [5.74, 6) is 0.226. The molecule has 1 N–H and O–H groups in total. The minimum absolute atomic E-state index is 0.226. The number of allylic oxidation sites excluding steroid dienone is 4. The normalized spacial score (nSPS) is 10.9. The Kier molecular flexibility index (Phi) is 5.26. The fourth-order valence-corrected chi connectivity index (χ4v) is 0.757. The summed E-state index contributed by atoms with van der Waals surface area (Å²) in [6.45, 7) is 7.65. The van der Waals surface area contributed by atoms with Crippen LogP contribution in [0.2, 0.25) is 0 Å². The molecule has 0 rings (SSSR count). The highest BCUT2D eigenvalue weighted by Gasteiger charge is 1.86. The third-order valence-electron chi connectivity index (χ3n) is 1.61. The van der Waals surface area contributed by atoms with E-state index >= 15 is 0 Å². The molecular weight excluding hydrogens is 136 g/mol. The van der Waals surface area contributed by atoms with E-state index in [-0.39, 0.29) is 5.76 Å². The van der Waals surface area contributed by atoms with Crippen molar-refractivity contribution < 1.29 is 5.11 Å². The van der Waals surface area contributed by atoms with Gasteiger partial charge in [0.05, 0.1) is 0 Å². The molecule has 0 amide bonds. The Hall–Kier alpha value is -0.980. The van der Waals surface area contributed by atoms with Gasteiger partial charge < -0.3 is 5.11 Å². The molecule has 62 valence electrons. The van der Waals surface area contributed by atoms with Gasteiger partial charge in [-0.25, -0.2) is 0 Å². The Bertz CT molecular complexity index is 169. The predicted octanol–water partition coefficient (Wildman–Crippen LogP) is 3.36. The van der Waals surface area contributed by atoms with Crippen LogP contribution in [0.5, 0.6) is 0 Å². The maximum Gasteiger partial charge on any atom is 0.114 e. The van der Waals surface area contributed by atoms with E-state index in [0.29, 0.717) is 0 Å². The van der Waals surface area contributed by atoms with E-state index in [9.17, 15) is 0 Å². The first-order chi connectivity index (χ1) is 5.24. The van der Waals surface area contributed by atoms with Gasteiger partial charge in [-0.1, -0.05) is 32.1 Å². The lowest BCUT2D eigenvalue weighted by Gasteiger charge is -1.95. The SMILES string of the molecule is C=C/C(O)=C\C=C(CC)CC. The van der Waals surface area contributed by atoms with Crippen LogP contribution in [0.4, 0.5) is 0 Å². The maximum atomic E-state index is 9.00. The quantitative estimate of drug-likeness (QED) is 0.483. The van der Waals surface area contributed by atoms with Gasteiger partial charge in [-0.05, 0) is 25.0 Å². The smallest absolute Gasteiger partial charge is 0.114 e. The van der Waals surface area contributed by atoms with Gasteiger partial charge in [-0.15, -0.1) is 0 Å². The van der Waals surface area contributed by atoms with Crippen LogP contribution in [0.25, 0.3) is 0 Å². The van der Waals surface area contributed by atoms with Crippen LogP contribution in [-0.2, 0) is 0 Å². The molecule has 0 radical (unpaired) electrons. The first-order valence-corrected chi connectivity index (χ1v) is 3.95. The van der Waals surface area contributed by atoms with Crippen molar-refractivity contribution in [3.05, 3.63) is 36.1 Å². The monoisotopic (exact) mass is 152 g/mol. The second-order valence-electron chi connectivity index (χ2n) is 2.33. The third kappa shape index (κ3) is 4.43. The highest BCUT2D eigenvalue weighted by Crippen LogP contribution is 2.05. The molecule has 0 aromatic heterocycles. The molecule has 0 atom stereocenters. The van der Waals surface area contributed by atoms with Crippen molar-refractivity contribution in [2.75, 3.05) is 0 Å². The summed E-state index contributed by atoms with van der Waals surface area (Å²) in [6, 6.07) is 0. The van der Waals surface area contributed by atoms with Gasteiger partial charge >= 0.3 is 0 Å². The van der Waals surface area contributed by atoms with Gasteiger partial charge in [0, 0.05) is 0 Å². The summed E-state index contributed by atoms with van der Waals surface area (Å²) >= 11 is 0. The first kappa shape index (κ1) is 10.0. The minimum Gasteiger partial charge on any atom is -0.508 e. The Morgan fingerprint density at radius 1 is 1.27 bits per heavy atom. The molecular formula is C10H16O. The molecule has 0 saturated heterocycles. The minimum atomic E-state index is 0.226. The van der Waals surface area contributed by atoms with E-state index in [1.54, 1.807) is 6.08 Å². The maximum absolute atomic E-state index is 9.00. The van der Waals surface area contributed by atoms with Gasteiger partial charge in [-0.2, -0.15) is 0 Å². The van der Waals surface area contributed by atoms with Crippen LogP contribution in [-0.4, -0.2) is 5.11 Å². The second-order valence-corrected chi connectivity index (χ2v) is 2.33. The molecule has 0 aliphatic carbocycles. The van der Waals surface area contributed by atoms with Gasteiger partial charge in [0.15, 0.2) is 0 Å². The van der Waals surface area contributed by atoms with Crippen molar-refractivity contribution in [3.63, 3.8) is 0 Å². The van der Waals surface area contributed by atoms with E-state index in [2.05, 4.69) is 20.4 Å². The lowest BCUT2D eigenvalue weighted by Crippen LogP contribution is -1.76. The Morgan fingerprint density at radius 2 is 1.82 bits per heavy atom. The number of aliphatic hydroxyl groups is 1. The molecule has 0 aliphatic rings. The van der Waals surface area contributed by atoms with E-state index in [4.69, 9.17) is 5.11 Å². The van der Waals surface area contributed by atoms with E-state index in [0.717, 1.165) is 12.8 Å². The van der Waals surface area contributed by atoms with Crippen molar-refractivity contribution in [2.45, 2.75) is 26.7 Å². The van der Waals surface area contributed by atoms with Crippen molar-refractivity contribution >= 4 is 0 Å². The van der Waals surface area contributed by atoms with Crippen LogP contribution in [0.1, 0.15) is 26.7 Å². The molecule has 1 heteroatoms. The van der Waals surface area contributed by atoms with Crippen LogP contribution < -0.4 is 0 Å². The molecule has 0 spiro atoms. The number of hydrogen-bond acceptors (Lipinski definition) is 1. The Labute approximate surface area is 68.7 Å². The van der Waals surface area contributed by atoms with Gasteiger partial charge in [0.1, 0.15) is 5.76 Å². The number of aliphatic hydroxyl groups excluding tert-OH is 1. The standard InChI is InChI=1S/C10H16O/c1-4-9(5-2)7-8-10(11)6-3/h6-8,11H,3-5H2,1-2H3/b10-8+. The van der Waals surface area contributed by atoms with Crippen LogP contribution in [0, 0.1) is 0 Å². The van der Waals surface area contributed by atoms with Crippen LogP contribution in [0.15, 0.2) is 36.1 Å². The van der Waals surface area contributed by atoms with Crippen molar-refractivity contribution in [3.8, 4) is 0 Å². The lowest BCUT2D eigenvalue weighted by atomic mass is 10.1. The predicted molar refractivity (Wildman–Crippen MR) is 49.6 cm³/mol. The fraction of sp³-hybridized carbons (Fsp3) is 0.400. The van der Waals surface area contributed by atoms with Crippen molar-refractivity contribution in [1.29, 1.82) is 0 Å². The average molecular weight is 152 g/mol. The molecule has 0 heterocycles. The van der Waals surface area contributed by atoms with Gasteiger partial charge in [0.2, 0.25) is 0 Å². The highest BCUT2D eigenvalue weighted by atomic mass is 16.3. The summed E-state index contributed by atoms with van der Waals surface area (Å²) in [6.07, 6.45) is 7.13. The Morgan fingerprint density at radius 3 is 2.18 bits per heavy atom. The number of rotatable bonds is 4. The zero-order valence-electron chi connectivity index (χ0n) is 7.30. The molecule has 0 aromatic rings. The molecule has 0 bridgehead atoms. The Balaban J connectivity index is 4.17. The molecule has 11 heavy (non-hydrogen) atoms. The van der Waals surface area contributed by atoms with E-state index in [1.807, 2.05) is 6.08 Å². The van der Waals surface area contributed by atoms with Crippen molar-refractivity contribution in [2.24, 2.45) is 0 Å². The highest BCUT2D eigenvalue weighted by molar-refractivity contribution is 5.19. The average Bonchev–Trinajstić information content (AvgIpc) is 2.06. The molecule has 0 aromatic carbocycles.